The van der Waals surface area contributed by atoms with Gasteiger partial charge in [-0.15, -0.1) is 0 Å². The van der Waals surface area contributed by atoms with Crippen LogP contribution in [0, 0.1) is 0 Å². The maximum Gasteiger partial charge on any atom is 0.140 e. The van der Waals surface area contributed by atoms with Crippen molar-refractivity contribution >= 4 is 5.78 Å². The van der Waals surface area contributed by atoms with Crippen molar-refractivity contribution in [2.45, 2.75) is 19.3 Å². The van der Waals surface area contributed by atoms with Crippen LogP contribution in [0.15, 0.2) is 30.9 Å². The van der Waals surface area contributed by atoms with E-state index < -0.39 is 0 Å². The van der Waals surface area contributed by atoms with Gasteiger partial charge in [0.05, 0.1) is 6.42 Å². The number of nitrogens with zero attached hydrogens (tertiary/aromatic N) is 4. The summed E-state index contributed by atoms with van der Waals surface area (Å²) in [4.78, 5) is 19.7. The molecule has 5 nitrogen and oxygen atoms in total. The standard InChI is InChI=1S/C12H14N4O/c1-16-12(14-9-15-16)8-11(17)3-2-10-4-6-13-7-5-10/h4-7,9H,2-3,8H2,1H3. The van der Waals surface area contributed by atoms with Gasteiger partial charge in [-0.25, -0.2) is 4.98 Å². The number of rotatable bonds is 5. The first kappa shape index (κ1) is 11.4. The fraction of sp³-hybridized carbons (Fsp3) is 0.333. The van der Waals surface area contributed by atoms with Crippen LogP contribution in [0.1, 0.15) is 17.8 Å². The van der Waals surface area contributed by atoms with Crippen molar-refractivity contribution in [1.29, 1.82) is 0 Å². The lowest BCUT2D eigenvalue weighted by atomic mass is 10.1. The molecule has 2 aromatic heterocycles. The Morgan fingerprint density at radius 1 is 1.35 bits per heavy atom. The molecule has 0 atom stereocenters. The van der Waals surface area contributed by atoms with E-state index in [0.29, 0.717) is 18.7 Å². The zero-order chi connectivity index (χ0) is 12.1. The molecule has 0 amide bonds. The third kappa shape index (κ3) is 3.21. The number of carbonyl (C=O) groups excluding carboxylic acids is 1. The fourth-order valence-electron chi connectivity index (χ4n) is 1.58. The maximum atomic E-state index is 11.7. The molecule has 88 valence electrons. The minimum Gasteiger partial charge on any atom is -0.299 e. The molecule has 0 aliphatic carbocycles. The largest absolute Gasteiger partial charge is 0.299 e. The normalized spacial score (nSPS) is 10.4. The van der Waals surface area contributed by atoms with Gasteiger partial charge in [0.2, 0.25) is 0 Å². The monoisotopic (exact) mass is 230 g/mol. The lowest BCUT2D eigenvalue weighted by Gasteiger charge is -2.01. The van der Waals surface area contributed by atoms with Gasteiger partial charge < -0.3 is 0 Å². The second-order valence-electron chi connectivity index (χ2n) is 3.87. The van der Waals surface area contributed by atoms with Gasteiger partial charge in [-0.2, -0.15) is 5.10 Å². The van der Waals surface area contributed by atoms with E-state index in [1.54, 1.807) is 24.1 Å². The number of aryl methyl sites for hydroxylation is 2. The van der Waals surface area contributed by atoms with Crippen LogP contribution in [0.5, 0.6) is 0 Å². The van der Waals surface area contributed by atoms with Crippen molar-refractivity contribution in [3.05, 3.63) is 42.2 Å². The quantitative estimate of drug-likeness (QED) is 0.767. The van der Waals surface area contributed by atoms with E-state index in [-0.39, 0.29) is 5.78 Å². The van der Waals surface area contributed by atoms with Crippen LogP contribution >= 0.6 is 0 Å². The highest BCUT2D eigenvalue weighted by atomic mass is 16.1. The fourth-order valence-corrected chi connectivity index (χ4v) is 1.58. The molecule has 2 rings (SSSR count). The molecule has 2 heterocycles. The number of Topliss-reactive ketones (excluding diaryl/α,β-unsaturated/α-hetero) is 1. The lowest BCUT2D eigenvalue weighted by molar-refractivity contribution is -0.118. The molecule has 0 N–H and O–H groups in total. The van der Waals surface area contributed by atoms with Crippen LogP contribution in [-0.4, -0.2) is 25.5 Å². The smallest absolute Gasteiger partial charge is 0.140 e. The van der Waals surface area contributed by atoms with Gasteiger partial charge in [-0.3, -0.25) is 14.5 Å². The van der Waals surface area contributed by atoms with Gasteiger partial charge >= 0.3 is 0 Å². The second-order valence-corrected chi connectivity index (χ2v) is 3.87. The molecule has 0 aliphatic rings. The Hall–Kier alpha value is -2.04. The first-order valence-corrected chi connectivity index (χ1v) is 5.49. The number of pyridine rings is 1. The second kappa shape index (κ2) is 5.34. The van der Waals surface area contributed by atoms with E-state index in [9.17, 15) is 4.79 Å². The first-order valence-electron chi connectivity index (χ1n) is 5.49. The molecule has 5 heteroatoms. The van der Waals surface area contributed by atoms with E-state index in [4.69, 9.17) is 0 Å². The number of aromatic nitrogens is 4. The summed E-state index contributed by atoms with van der Waals surface area (Å²) in [5.74, 6) is 0.891. The molecule has 0 radical (unpaired) electrons. The Labute approximate surface area is 99.5 Å². The van der Waals surface area contributed by atoms with Gasteiger partial charge in [-0.1, -0.05) is 0 Å². The topological polar surface area (TPSA) is 60.7 Å². The summed E-state index contributed by atoms with van der Waals surface area (Å²) in [5, 5.41) is 3.93. The average Bonchev–Trinajstić information content (AvgIpc) is 2.74. The molecule has 0 bridgehead atoms. The number of ketones is 1. The Morgan fingerprint density at radius 2 is 2.12 bits per heavy atom. The van der Waals surface area contributed by atoms with Crippen molar-refractivity contribution in [3.8, 4) is 0 Å². The molecule has 0 unspecified atom stereocenters. The molecule has 2 aromatic rings. The van der Waals surface area contributed by atoms with Crippen LogP contribution in [-0.2, 0) is 24.7 Å². The minimum absolute atomic E-state index is 0.179. The average molecular weight is 230 g/mol. The summed E-state index contributed by atoms with van der Waals surface area (Å²) in [6.45, 7) is 0. The van der Waals surface area contributed by atoms with E-state index in [1.165, 1.54) is 6.33 Å². The molecule has 0 spiro atoms. The van der Waals surface area contributed by atoms with Crippen molar-refractivity contribution < 1.29 is 4.79 Å². The summed E-state index contributed by atoms with van der Waals surface area (Å²) in [6.07, 6.45) is 6.56. The first-order chi connectivity index (χ1) is 8.25. The maximum absolute atomic E-state index is 11.7. The van der Waals surface area contributed by atoms with Gasteiger partial charge in [-0.05, 0) is 24.1 Å². The van der Waals surface area contributed by atoms with Crippen molar-refractivity contribution in [3.63, 3.8) is 0 Å². The lowest BCUT2D eigenvalue weighted by Crippen LogP contribution is -2.09. The van der Waals surface area contributed by atoms with E-state index >= 15 is 0 Å². The number of hydrogen-bond donors (Lipinski definition) is 0. The summed E-state index contributed by atoms with van der Waals surface area (Å²) >= 11 is 0. The zero-order valence-corrected chi connectivity index (χ0v) is 9.71. The number of hydrogen-bond acceptors (Lipinski definition) is 4. The van der Waals surface area contributed by atoms with Crippen molar-refractivity contribution in [2.24, 2.45) is 7.05 Å². The molecule has 0 aliphatic heterocycles. The van der Waals surface area contributed by atoms with Crippen molar-refractivity contribution in [1.82, 2.24) is 19.7 Å². The van der Waals surface area contributed by atoms with Crippen LogP contribution < -0.4 is 0 Å². The highest BCUT2D eigenvalue weighted by Crippen LogP contribution is 2.03. The van der Waals surface area contributed by atoms with E-state index in [1.807, 2.05) is 12.1 Å². The molecular weight excluding hydrogens is 216 g/mol. The summed E-state index contributed by atoms with van der Waals surface area (Å²) < 4.78 is 1.63. The molecule has 0 saturated heterocycles. The Kier molecular flexibility index (Phi) is 3.59. The van der Waals surface area contributed by atoms with Crippen LogP contribution in [0.3, 0.4) is 0 Å². The highest BCUT2D eigenvalue weighted by molar-refractivity contribution is 5.80. The third-order valence-electron chi connectivity index (χ3n) is 2.60. The van der Waals surface area contributed by atoms with Crippen LogP contribution in [0.2, 0.25) is 0 Å². The van der Waals surface area contributed by atoms with Gasteiger partial charge in [0.15, 0.2) is 0 Å². The summed E-state index contributed by atoms with van der Waals surface area (Å²) in [7, 11) is 1.79. The van der Waals surface area contributed by atoms with Gasteiger partial charge in [0, 0.05) is 25.9 Å². The van der Waals surface area contributed by atoms with E-state index in [0.717, 1.165) is 12.0 Å². The predicted octanol–water partition coefficient (Wildman–Crippen LogP) is 0.954. The molecule has 0 aromatic carbocycles. The molecular formula is C12H14N4O. The summed E-state index contributed by atoms with van der Waals surface area (Å²) in [5.41, 5.74) is 1.13. The Morgan fingerprint density at radius 3 is 2.76 bits per heavy atom. The predicted molar refractivity (Wildman–Crippen MR) is 62.3 cm³/mol. The third-order valence-corrected chi connectivity index (χ3v) is 2.60. The highest BCUT2D eigenvalue weighted by Gasteiger charge is 2.08. The minimum atomic E-state index is 0.179. The molecule has 17 heavy (non-hydrogen) atoms. The number of carbonyl (C=O) groups is 1. The molecule has 0 saturated carbocycles. The molecule has 0 fully saturated rings. The van der Waals surface area contributed by atoms with Crippen molar-refractivity contribution in [2.75, 3.05) is 0 Å². The van der Waals surface area contributed by atoms with E-state index in [2.05, 4.69) is 15.1 Å². The zero-order valence-electron chi connectivity index (χ0n) is 9.71. The van der Waals surface area contributed by atoms with Gasteiger partial charge in [0.1, 0.15) is 17.9 Å². The van der Waals surface area contributed by atoms with Gasteiger partial charge in [0.25, 0.3) is 0 Å². The SMILES string of the molecule is Cn1ncnc1CC(=O)CCc1ccncc1. The Bertz CT molecular complexity index is 492. The summed E-state index contributed by atoms with van der Waals surface area (Å²) in [6, 6.07) is 3.85. The van der Waals surface area contributed by atoms with Crippen LogP contribution in [0.25, 0.3) is 0 Å². The van der Waals surface area contributed by atoms with Crippen LogP contribution in [0.4, 0.5) is 0 Å². The Balaban J connectivity index is 1.85.